The minimum atomic E-state index is -4.74. The van der Waals surface area contributed by atoms with Crippen molar-refractivity contribution in [2.75, 3.05) is 0 Å². The van der Waals surface area contributed by atoms with E-state index in [1.165, 1.54) is 68.4 Å². The molecule has 172 valence electrons. The van der Waals surface area contributed by atoms with Crippen LogP contribution in [0.2, 0.25) is 0 Å². The largest absolute Gasteiger partial charge is 0.573 e. The van der Waals surface area contributed by atoms with Crippen molar-refractivity contribution in [3.05, 3.63) is 58.9 Å². The average Bonchev–Trinajstić information content (AvgIpc) is 2.77. The Morgan fingerprint density at radius 1 is 0.938 bits per heavy atom. The van der Waals surface area contributed by atoms with Crippen LogP contribution in [0.3, 0.4) is 0 Å². The van der Waals surface area contributed by atoms with Crippen LogP contribution in [-0.2, 0) is 6.42 Å². The number of hydrogen-bond acceptors (Lipinski definition) is 1. The van der Waals surface area contributed by atoms with Crippen molar-refractivity contribution >= 4 is 6.08 Å². The van der Waals surface area contributed by atoms with Crippen LogP contribution in [0.15, 0.2) is 42.0 Å². The molecule has 1 fully saturated rings. The van der Waals surface area contributed by atoms with E-state index in [-0.39, 0.29) is 11.6 Å². The van der Waals surface area contributed by atoms with Gasteiger partial charge in [0.1, 0.15) is 11.6 Å². The van der Waals surface area contributed by atoms with Gasteiger partial charge in [0.2, 0.25) is 0 Å². The van der Waals surface area contributed by atoms with Crippen molar-refractivity contribution in [1.82, 2.24) is 0 Å². The van der Waals surface area contributed by atoms with E-state index in [0.717, 1.165) is 42.2 Å². The zero-order valence-corrected chi connectivity index (χ0v) is 18.5. The van der Waals surface area contributed by atoms with Gasteiger partial charge < -0.3 is 4.74 Å². The number of benzene rings is 2. The van der Waals surface area contributed by atoms with Crippen molar-refractivity contribution in [1.29, 1.82) is 0 Å². The molecule has 2 aromatic carbocycles. The lowest BCUT2D eigenvalue weighted by Gasteiger charge is -2.28. The highest BCUT2D eigenvalue weighted by Gasteiger charge is 2.31. The molecule has 2 aliphatic carbocycles. The van der Waals surface area contributed by atoms with Crippen LogP contribution >= 0.6 is 0 Å². The average molecular weight is 447 g/mol. The van der Waals surface area contributed by atoms with Crippen molar-refractivity contribution in [3.8, 4) is 16.9 Å². The highest BCUT2D eigenvalue weighted by molar-refractivity contribution is 5.70. The summed E-state index contributed by atoms with van der Waals surface area (Å²) in [7, 11) is 0. The predicted molar refractivity (Wildman–Crippen MR) is 120 cm³/mol. The maximum Gasteiger partial charge on any atom is 0.573 e. The van der Waals surface area contributed by atoms with E-state index in [4.69, 9.17) is 0 Å². The van der Waals surface area contributed by atoms with Crippen LogP contribution in [0.25, 0.3) is 17.2 Å². The molecule has 4 rings (SSSR count). The summed E-state index contributed by atoms with van der Waals surface area (Å²) in [6, 6.07) is 8.76. The van der Waals surface area contributed by atoms with Gasteiger partial charge in [-0.1, -0.05) is 62.8 Å². The number of allylic oxidation sites excluding steroid dienone is 1. The molecule has 32 heavy (non-hydrogen) atoms. The van der Waals surface area contributed by atoms with E-state index in [0.29, 0.717) is 11.1 Å². The van der Waals surface area contributed by atoms with Crippen LogP contribution in [0.5, 0.6) is 5.75 Å². The topological polar surface area (TPSA) is 9.23 Å². The second-order valence-corrected chi connectivity index (χ2v) is 9.24. The monoisotopic (exact) mass is 446 g/mol. The molecule has 0 saturated heterocycles. The number of ether oxygens (including phenoxy) is 1. The number of halogens is 4. The van der Waals surface area contributed by atoms with Gasteiger partial charge in [0.15, 0.2) is 0 Å². The number of aryl methyl sites for hydroxylation is 1. The van der Waals surface area contributed by atoms with Gasteiger partial charge in [-0.2, -0.15) is 0 Å². The lowest BCUT2D eigenvalue weighted by molar-refractivity contribution is -0.274. The molecule has 0 spiro atoms. The smallest absolute Gasteiger partial charge is 0.406 e. The SMILES string of the molecule is CCC1CCC(CCC2=Cc3cc(F)c(-c4ccc(OC(F)(F)F)cc4)cc3CC2)CC1. The minimum Gasteiger partial charge on any atom is -0.406 e. The van der Waals surface area contributed by atoms with Crippen molar-refractivity contribution in [3.63, 3.8) is 0 Å². The Labute approximate surface area is 187 Å². The highest BCUT2D eigenvalue weighted by Crippen LogP contribution is 2.37. The summed E-state index contributed by atoms with van der Waals surface area (Å²) in [5.41, 5.74) is 4.36. The molecule has 0 unspecified atom stereocenters. The molecule has 1 saturated carbocycles. The van der Waals surface area contributed by atoms with Gasteiger partial charge in [0.25, 0.3) is 0 Å². The summed E-state index contributed by atoms with van der Waals surface area (Å²) < 4.78 is 55.8. The third kappa shape index (κ3) is 5.73. The Morgan fingerprint density at radius 2 is 1.62 bits per heavy atom. The normalized spacial score (nSPS) is 21.1. The van der Waals surface area contributed by atoms with Crippen LogP contribution in [0.1, 0.15) is 69.4 Å². The molecule has 2 aromatic rings. The fourth-order valence-electron chi connectivity index (χ4n) is 5.14. The molecule has 0 atom stereocenters. The number of fused-ring (bicyclic) bond motifs is 1. The number of rotatable bonds is 6. The van der Waals surface area contributed by atoms with Gasteiger partial charge in [0, 0.05) is 5.56 Å². The molecule has 2 aliphatic rings. The van der Waals surface area contributed by atoms with Crippen molar-refractivity contribution in [2.24, 2.45) is 11.8 Å². The van der Waals surface area contributed by atoms with Gasteiger partial charge in [0.05, 0.1) is 0 Å². The molecule has 0 heterocycles. The standard InChI is InChI=1S/C27H30F4O/c1-2-18-3-5-19(6-4-18)7-8-20-9-10-22-16-25(26(28)17-23(22)15-20)21-11-13-24(14-12-21)32-27(29,30)31/h11-19H,2-10H2,1H3. The zero-order valence-electron chi connectivity index (χ0n) is 18.5. The molecular formula is C27H30F4O. The van der Waals surface area contributed by atoms with Gasteiger partial charge in [-0.05, 0) is 78.5 Å². The Balaban J connectivity index is 1.42. The molecule has 0 N–H and O–H groups in total. The van der Waals surface area contributed by atoms with Gasteiger partial charge in [-0.25, -0.2) is 4.39 Å². The summed E-state index contributed by atoms with van der Waals surface area (Å²) in [5.74, 6) is 1.07. The highest BCUT2D eigenvalue weighted by atomic mass is 19.4. The zero-order chi connectivity index (χ0) is 22.7. The molecular weight excluding hydrogens is 416 g/mol. The fraction of sp³-hybridized carbons (Fsp3) is 0.481. The Kier molecular flexibility index (Phi) is 6.92. The van der Waals surface area contributed by atoms with E-state index in [1.54, 1.807) is 6.07 Å². The van der Waals surface area contributed by atoms with Crippen LogP contribution in [-0.4, -0.2) is 6.36 Å². The van der Waals surface area contributed by atoms with E-state index in [1.807, 2.05) is 6.07 Å². The second-order valence-electron chi connectivity index (χ2n) is 9.24. The Morgan fingerprint density at radius 3 is 2.28 bits per heavy atom. The fourth-order valence-corrected chi connectivity index (χ4v) is 5.14. The quantitative estimate of drug-likeness (QED) is 0.403. The summed E-state index contributed by atoms with van der Waals surface area (Å²) in [6.07, 6.45) is 8.28. The van der Waals surface area contributed by atoms with E-state index < -0.39 is 6.36 Å². The summed E-state index contributed by atoms with van der Waals surface area (Å²) in [5, 5.41) is 0. The molecule has 5 heteroatoms. The lowest BCUT2D eigenvalue weighted by atomic mass is 9.78. The third-order valence-corrected chi connectivity index (χ3v) is 7.12. The second kappa shape index (κ2) is 9.68. The van der Waals surface area contributed by atoms with Gasteiger partial charge >= 0.3 is 6.36 Å². The molecule has 0 amide bonds. The van der Waals surface area contributed by atoms with Crippen LogP contribution in [0.4, 0.5) is 17.6 Å². The van der Waals surface area contributed by atoms with Gasteiger partial charge in [-0.15, -0.1) is 13.2 Å². The van der Waals surface area contributed by atoms with Crippen LogP contribution < -0.4 is 4.74 Å². The maximum absolute atomic E-state index is 14.9. The summed E-state index contributed by atoms with van der Waals surface area (Å²) in [4.78, 5) is 0. The molecule has 0 bridgehead atoms. The van der Waals surface area contributed by atoms with Crippen molar-refractivity contribution in [2.45, 2.75) is 71.1 Å². The van der Waals surface area contributed by atoms with E-state index in [9.17, 15) is 17.6 Å². The van der Waals surface area contributed by atoms with Crippen molar-refractivity contribution < 1.29 is 22.3 Å². The molecule has 1 nitrogen and oxygen atoms in total. The Hall–Kier alpha value is -2.30. The first kappa shape index (κ1) is 22.9. The predicted octanol–water partition coefficient (Wildman–Crippen LogP) is 8.72. The summed E-state index contributed by atoms with van der Waals surface area (Å²) >= 11 is 0. The molecule has 0 radical (unpaired) electrons. The first-order valence-electron chi connectivity index (χ1n) is 11.7. The lowest BCUT2D eigenvalue weighted by Crippen LogP contribution is -2.16. The summed E-state index contributed by atoms with van der Waals surface area (Å²) in [6.45, 7) is 2.29. The minimum absolute atomic E-state index is 0.310. The van der Waals surface area contributed by atoms with E-state index >= 15 is 0 Å². The van der Waals surface area contributed by atoms with Crippen LogP contribution in [0, 0.1) is 17.7 Å². The third-order valence-electron chi connectivity index (χ3n) is 7.12. The van der Waals surface area contributed by atoms with Gasteiger partial charge in [-0.3, -0.25) is 0 Å². The Bertz CT molecular complexity index is 951. The first-order chi connectivity index (χ1) is 15.3. The number of hydrogen-bond donors (Lipinski definition) is 0. The van der Waals surface area contributed by atoms with E-state index in [2.05, 4.69) is 17.7 Å². The first-order valence-corrected chi connectivity index (χ1v) is 11.7. The molecule has 0 aromatic heterocycles. The molecule has 0 aliphatic heterocycles. The maximum atomic E-state index is 14.9. The number of alkyl halides is 3.